The number of carbonyl (C=O) groups is 1. The van der Waals surface area contributed by atoms with Crippen LogP contribution in [0.4, 0.5) is 4.79 Å². The van der Waals surface area contributed by atoms with E-state index in [-0.39, 0.29) is 6.09 Å². The summed E-state index contributed by atoms with van der Waals surface area (Å²) in [6, 6.07) is 8.22. The van der Waals surface area contributed by atoms with Crippen molar-refractivity contribution in [2.45, 2.75) is 6.42 Å². The molecule has 4 heteroatoms. The molecule has 0 spiro atoms. The predicted molar refractivity (Wildman–Crippen MR) is 60.7 cm³/mol. The van der Waals surface area contributed by atoms with Gasteiger partial charge in [0.25, 0.3) is 0 Å². The maximum Gasteiger partial charge on any atom is 0.407 e. The Morgan fingerprint density at radius 1 is 1.40 bits per heavy atom. The molecule has 0 aromatic heterocycles. The van der Waals surface area contributed by atoms with Crippen LogP contribution in [0.5, 0.6) is 0 Å². The Morgan fingerprint density at radius 3 is 2.73 bits per heavy atom. The molecule has 15 heavy (non-hydrogen) atoms. The van der Waals surface area contributed by atoms with E-state index in [1.165, 1.54) is 5.56 Å². The molecule has 3 nitrogen and oxygen atoms in total. The summed E-state index contributed by atoms with van der Waals surface area (Å²) in [5.74, 6) is 0.379. The van der Waals surface area contributed by atoms with Crippen LogP contribution in [-0.2, 0) is 11.2 Å². The molecule has 1 fully saturated rings. The van der Waals surface area contributed by atoms with Crippen LogP contribution in [0.15, 0.2) is 28.7 Å². The number of nitrogens with one attached hydrogen (secondary N) is 1. The topological polar surface area (TPSA) is 38.3 Å². The number of amides is 1. The van der Waals surface area contributed by atoms with Crippen molar-refractivity contribution < 1.29 is 9.53 Å². The third-order valence-electron chi connectivity index (χ3n) is 2.42. The minimum Gasteiger partial charge on any atom is -0.449 e. The molecule has 1 aliphatic rings. The van der Waals surface area contributed by atoms with Crippen LogP contribution >= 0.6 is 15.9 Å². The van der Waals surface area contributed by atoms with Crippen LogP contribution in [0.3, 0.4) is 0 Å². The van der Waals surface area contributed by atoms with Gasteiger partial charge in [-0.25, -0.2) is 4.79 Å². The summed E-state index contributed by atoms with van der Waals surface area (Å²) in [7, 11) is 0. The van der Waals surface area contributed by atoms with Crippen LogP contribution in [-0.4, -0.2) is 19.2 Å². The average Bonchev–Trinajstić information content (AvgIpc) is 2.25. The molecule has 0 bridgehead atoms. The second-order valence-electron chi connectivity index (χ2n) is 3.68. The Hall–Kier alpha value is -1.03. The molecule has 1 atom stereocenters. The van der Waals surface area contributed by atoms with E-state index in [1.807, 2.05) is 12.1 Å². The molecule has 0 radical (unpaired) electrons. The van der Waals surface area contributed by atoms with Gasteiger partial charge in [-0.1, -0.05) is 28.1 Å². The smallest absolute Gasteiger partial charge is 0.407 e. The zero-order valence-corrected chi connectivity index (χ0v) is 9.79. The normalized spacial score (nSPS) is 20.6. The van der Waals surface area contributed by atoms with Crippen molar-refractivity contribution in [2.75, 3.05) is 13.2 Å². The van der Waals surface area contributed by atoms with Gasteiger partial charge in [-0.05, 0) is 24.1 Å². The van der Waals surface area contributed by atoms with Crippen molar-refractivity contribution in [2.24, 2.45) is 5.92 Å². The van der Waals surface area contributed by atoms with E-state index in [2.05, 4.69) is 33.4 Å². The second-order valence-corrected chi connectivity index (χ2v) is 4.59. The molecule has 2 rings (SSSR count). The second kappa shape index (κ2) is 4.66. The van der Waals surface area contributed by atoms with Gasteiger partial charge in [0, 0.05) is 16.9 Å². The lowest BCUT2D eigenvalue weighted by molar-refractivity contribution is 0.103. The third kappa shape index (κ3) is 2.96. The first-order valence-electron chi connectivity index (χ1n) is 4.89. The molecule has 1 amide bonds. The summed E-state index contributed by atoms with van der Waals surface area (Å²) in [6.45, 7) is 1.22. The van der Waals surface area contributed by atoms with E-state index in [0.29, 0.717) is 19.1 Å². The first-order chi connectivity index (χ1) is 7.24. The minimum absolute atomic E-state index is 0.304. The van der Waals surface area contributed by atoms with Crippen molar-refractivity contribution in [1.29, 1.82) is 0 Å². The first-order valence-corrected chi connectivity index (χ1v) is 5.68. The van der Waals surface area contributed by atoms with Crippen molar-refractivity contribution in [1.82, 2.24) is 5.32 Å². The van der Waals surface area contributed by atoms with Gasteiger partial charge in [0.1, 0.15) is 0 Å². The number of hydrogen-bond donors (Lipinski definition) is 1. The zero-order chi connectivity index (χ0) is 10.7. The van der Waals surface area contributed by atoms with Gasteiger partial charge in [-0.15, -0.1) is 0 Å². The lowest BCUT2D eigenvalue weighted by Crippen LogP contribution is -2.39. The summed E-state index contributed by atoms with van der Waals surface area (Å²) < 4.78 is 6.01. The zero-order valence-electron chi connectivity index (χ0n) is 8.20. The molecule has 1 heterocycles. The number of alkyl carbamates (subject to hydrolysis) is 1. The lowest BCUT2D eigenvalue weighted by atomic mass is 9.99. The number of rotatable bonds is 2. The quantitative estimate of drug-likeness (QED) is 0.895. The summed E-state index contributed by atoms with van der Waals surface area (Å²) in [5.41, 5.74) is 1.27. The molecule has 0 aliphatic carbocycles. The first kappa shape index (κ1) is 10.5. The van der Waals surface area contributed by atoms with E-state index < -0.39 is 0 Å². The van der Waals surface area contributed by atoms with Crippen LogP contribution in [0.2, 0.25) is 0 Å². The van der Waals surface area contributed by atoms with E-state index in [4.69, 9.17) is 4.74 Å². The Balaban J connectivity index is 1.91. The summed E-state index contributed by atoms with van der Waals surface area (Å²) in [5, 5.41) is 2.69. The Morgan fingerprint density at radius 2 is 2.13 bits per heavy atom. The van der Waals surface area contributed by atoms with Crippen LogP contribution in [0.25, 0.3) is 0 Å². The molecule has 80 valence electrons. The SMILES string of the molecule is O=C1NCC(Cc2ccc(Br)cc2)CO1. The highest BCUT2D eigenvalue weighted by atomic mass is 79.9. The van der Waals surface area contributed by atoms with Crippen molar-refractivity contribution in [3.05, 3.63) is 34.3 Å². The highest BCUT2D eigenvalue weighted by Crippen LogP contribution is 2.15. The van der Waals surface area contributed by atoms with E-state index in [1.54, 1.807) is 0 Å². The van der Waals surface area contributed by atoms with Crippen molar-refractivity contribution >= 4 is 22.0 Å². The van der Waals surface area contributed by atoms with Gasteiger partial charge < -0.3 is 10.1 Å². The maximum atomic E-state index is 10.8. The molecular weight excluding hydrogens is 258 g/mol. The molecule has 0 saturated carbocycles. The number of benzene rings is 1. The highest BCUT2D eigenvalue weighted by Gasteiger charge is 2.18. The van der Waals surface area contributed by atoms with Crippen molar-refractivity contribution in [3.63, 3.8) is 0 Å². The molecule has 1 saturated heterocycles. The van der Waals surface area contributed by atoms with E-state index in [0.717, 1.165) is 10.9 Å². The summed E-state index contributed by atoms with van der Waals surface area (Å²) in [6.07, 6.45) is 0.634. The van der Waals surface area contributed by atoms with Gasteiger partial charge in [0.15, 0.2) is 0 Å². The molecule has 1 aromatic rings. The fourth-order valence-electron chi connectivity index (χ4n) is 1.62. The molecule has 1 N–H and O–H groups in total. The lowest BCUT2D eigenvalue weighted by Gasteiger charge is -2.22. The number of ether oxygens (including phenoxy) is 1. The van der Waals surface area contributed by atoms with Gasteiger partial charge >= 0.3 is 6.09 Å². The Labute approximate surface area is 96.9 Å². The van der Waals surface area contributed by atoms with Gasteiger partial charge in [0.2, 0.25) is 0 Å². The largest absolute Gasteiger partial charge is 0.449 e. The standard InChI is InChI=1S/C11H12BrNO2/c12-10-3-1-8(2-4-10)5-9-6-13-11(14)15-7-9/h1-4,9H,5-7H2,(H,13,14). The van der Waals surface area contributed by atoms with Crippen LogP contribution in [0, 0.1) is 5.92 Å². The fraction of sp³-hybridized carbons (Fsp3) is 0.364. The minimum atomic E-state index is -0.304. The molecule has 1 unspecified atom stereocenters. The van der Waals surface area contributed by atoms with Gasteiger partial charge in [-0.3, -0.25) is 0 Å². The van der Waals surface area contributed by atoms with Crippen LogP contribution < -0.4 is 5.32 Å². The summed E-state index contributed by atoms with van der Waals surface area (Å²) >= 11 is 3.40. The number of carbonyl (C=O) groups excluding carboxylic acids is 1. The monoisotopic (exact) mass is 269 g/mol. The fourth-order valence-corrected chi connectivity index (χ4v) is 1.88. The number of cyclic esters (lactones) is 1. The summed E-state index contributed by atoms with van der Waals surface area (Å²) in [4.78, 5) is 10.8. The molecule has 1 aromatic carbocycles. The van der Waals surface area contributed by atoms with Gasteiger partial charge in [-0.2, -0.15) is 0 Å². The van der Waals surface area contributed by atoms with E-state index in [9.17, 15) is 4.79 Å². The molecular formula is C11H12BrNO2. The maximum absolute atomic E-state index is 10.8. The van der Waals surface area contributed by atoms with Crippen molar-refractivity contribution in [3.8, 4) is 0 Å². The number of hydrogen-bond acceptors (Lipinski definition) is 2. The predicted octanol–water partition coefficient (Wildman–Crippen LogP) is 2.35. The Kier molecular flexibility index (Phi) is 3.26. The van der Waals surface area contributed by atoms with Crippen LogP contribution in [0.1, 0.15) is 5.56 Å². The number of halogens is 1. The highest BCUT2D eigenvalue weighted by molar-refractivity contribution is 9.10. The third-order valence-corrected chi connectivity index (χ3v) is 2.95. The average molecular weight is 270 g/mol. The van der Waals surface area contributed by atoms with E-state index >= 15 is 0 Å². The Bertz CT molecular complexity index is 340. The van der Waals surface area contributed by atoms with Gasteiger partial charge in [0.05, 0.1) is 6.61 Å². The molecule has 1 aliphatic heterocycles.